The van der Waals surface area contributed by atoms with E-state index in [1.54, 1.807) is 11.8 Å². The van der Waals surface area contributed by atoms with Gasteiger partial charge in [-0.2, -0.15) is 11.8 Å². The number of hydrogen-bond donors (Lipinski definition) is 1. The van der Waals surface area contributed by atoms with Gasteiger partial charge in [-0.15, -0.1) is 0 Å². The molecular weight excluding hydrogens is 268 g/mol. The highest BCUT2D eigenvalue weighted by atomic mass is 32.2. The van der Waals surface area contributed by atoms with Crippen LogP contribution in [0.5, 0.6) is 0 Å². The second-order valence-corrected chi connectivity index (χ2v) is 8.68. The number of rotatable bonds is 7. The third-order valence-electron chi connectivity index (χ3n) is 3.57. The zero-order chi connectivity index (χ0) is 13.0. The molecule has 1 unspecified atom stereocenters. The Morgan fingerprint density at radius 1 is 1.33 bits per heavy atom. The highest BCUT2D eigenvalue weighted by Gasteiger charge is 2.30. The van der Waals surface area contributed by atoms with E-state index < -0.39 is 9.84 Å². The molecule has 1 N–H and O–H groups in total. The van der Waals surface area contributed by atoms with E-state index in [-0.39, 0.29) is 5.37 Å². The number of thioether (sulfide) groups is 1. The molecule has 2 rings (SSSR count). The second kappa shape index (κ2) is 6.59. The van der Waals surface area contributed by atoms with Crippen LogP contribution in [0.2, 0.25) is 0 Å². The minimum absolute atomic E-state index is 0.257. The molecule has 1 atom stereocenters. The van der Waals surface area contributed by atoms with Crippen molar-refractivity contribution in [3.05, 3.63) is 0 Å². The van der Waals surface area contributed by atoms with E-state index in [0.717, 1.165) is 50.0 Å². The molecule has 1 aliphatic carbocycles. The van der Waals surface area contributed by atoms with Gasteiger partial charge < -0.3 is 5.32 Å². The van der Waals surface area contributed by atoms with Gasteiger partial charge in [-0.05, 0) is 38.8 Å². The van der Waals surface area contributed by atoms with Gasteiger partial charge in [-0.25, -0.2) is 8.42 Å². The van der Waals surface area contributed by atoms with E-state index in [1.807, 2.05) is 0 Å². The summed E-state index contributed by atoms with van der Waals surface area (Å²) < 4.78 is 23.4. The first-order valence-electron chi connectivity index (χ1n) is 6.81. The second-order valence-electron chi connectivity index (χ2n) is 5.33. The molecule has 1 aliphatic heterocycles. The quantitative estimate of drug-likeness (QED) is 0.708. The zero-order valence-electron chi connectivity index (χ0n) is 11.1. The molecule has 0 aromatic rings. The summed E-state index contributed by atoms with van der Waals surface area (Å²) in [5.41, 5.74) is 0. The van der Waals surface area contributed by atoms with Crippen LogP contribution in [0.4, 0.5) is 0 Å². The van der Waals surface area contributed by atoms with Crippen molar-refractivity contribution in [2.75, 3.05) is 37.4 Å². The molecule has 18 heavy (non-hydrogen) atoms. The molecule has 0 radical (unpaired) electrons. The molecule has 4 nitrogen and oxygen atoms in total. The lowest BCUT2D eigenvalue weighted by Crippen LogP contribution is -2.47. The maximum absolute atomic E-state index is 11.7. The summed E-state index contributed by atoms with van der Waals surface area (Å²) in [6.07, 6.45) is 6.28. The highest BCUT2D eigenvalue weighted by Crippen LogP contribution is 2.21. The Morgan fingerprint density at radius 3 is 2.78 bits per heavy atom. The lowest BCUT2D eigenvalue weighted by molar-refractivity contribution is 0.264. The first kappa shape index (κ1) is 14.6. The summed E-state index contributed by atoms with van der Waals surface area (Å²) in [6.45, 7) is 2.92. The van der Waals surface area contributed by atoms with Crippen molar-refractivity contribution in [2.45, 2.75) is 37.1 Å². The third-order valence-corrected chi connectivity index (χ3v) is 6.25. The monoisotopic (exact) mass is 292 g/mol. The van der Waals surface area contributed by atoms with Crippen molar-refractivity contribution in [1.29, 1.82) is 0 Å². The number of sulfone groups is 1. The van der Waals surface area contributed by atoms with Crippen molar-refractivity contribution >= 4 is 21.6 Å². The first-order valence-corrected chi connectivity index (χ1v) is 9.92. The van der Waals surface area contributed by atoms with Crippen LogP contribution in [0.1, 0.15) is 25.7 Å². The number of nitrogens with zero attached hydrogens (tertiary/aromatic N) is 1. The Bertz CT molecular complexity index is 355. The SMILES string of the molecule is CS(=O)(=O)C1CSCCN1CCCCNC1CC1. The standard InChI is InChI=1S/C12H24N2O2S2/c1-18(15,16)12-10-17-9-8-14(12)7-3-2-6-13-11-4-5-11/h11-13H,2-10H2,1H3. The summed E-state index contributed by atoms with van der Waals surface area (Å²) >= 11 is 1.76. The van der Waals surface area contributed by atoms with E-state index >= 15 is 0 Å². The van der Waals surface area contributed by atoms with Gasteiger partial charge in [-0.1, -0.05) is 0 Å². The maximum atomic E-state index is 11.7. The lowest BCUT2D eigenvalue weighted by atomic mass is 10.3. The molecule has 6 heteroatoms. The van der Waals surface area contributed by atoms with E-state index in [0.29, 0.717) is 0 Å². The Hall–Kier alpha value is 0.220. The van der Waals surface area contributed by atoms with Crippen molar-refractivity contribution in [1.82, 2.24) is 10.2 Å². The predicted molar refractivity (Wildman–Crippen MR) is 77.8 cm³/mol. The third kappa shape index (κ3) is 4.72. The van der Waals surface area contributed by atoms with E-state index in [2.05, 4.69) is 10.2 Å². The van der Waals surface area contributed by atoms with Crippen LogP contribution < -0.4 is 5.32 Å². The molecule has 0 amide bonds. The normalized spacial score (nSPS) is 26.4. The minimum Gasteiger partial charge on any atom is -0.314 e. The fraction of sp³-hybridized carbons (Fsp3) is 1.00. The molecule has 106 valence electrons. The van der Waals surface area contributed by atoms with Crippen LogP contribution in [0.15, 0.2) is 0 Å². The summed E-state index contributed by atoms with van der Waals surface area (Å²) in [6, 6.07) is 0.778. The van der Waals surface area contributed by atoms with E-state index in [9.17, 15) is 8.42 Å². The van der Waals surface area contributed by atoms with Crippen molar-refractivity contribution in [2.24, 2.45) is 0 Å². The first-order chi connectivity index (χ1) is 8.57. The van der Waals surface area contributed by atoms with Gasteiger partial charge in [0.2, 0.25) is 0 Å². The van der Waals surface area contributed by atoms with Crippen molar-refractivity contribution in [3.63, 3.8) is 0 Å². The largest absolute Gasteiger partial charge is 0.314 e. The van der Waals surface area contributed by atoms with Gasteiger partial charge in [0.05, 0.1) is 0 Å². The van der Waals surface area contributed by atoms with Gasteiger partial charge in [0.25, 0.3) is 0 Å². The van der Waals surface area contributed by atoms with Crippen LogP contribution in [-0.2, 0) is 9.84 Å². The van der Waals surface area contributed by atoms with E-state index in [1.165, 1.54) is 19.1 Å². The summed E-state index contributed by atoms with van der Waals surface area (Å²) in [4.78, 5) is 2.16. The zero-order valence-corrected chi connectivity index (χ0v) is 12.7. The number of nitrogens with one attached hydrogen (secondary N) is 1. The predicted octanol–water partition coefficient (Wildman–Crippen LogP) is 0.938. The Labute approximate surface area is 115 Å². The minimum atomic E-state index is -2.93. The molecule has 2 fully saturated rings. The average molecular weight is 292 g/mol. The molecule has 1 saturated carbocycles. The molecule has 1 heterocycles. The topological polar surface area (TPSA) is 49.4 Å². The Kier molecular flexibility index (Phi) is 5.35. The summed E-state index contributed by atoms with van der Waals surface area (Å²) in [7, 11) is -2.93. The lowest BCUT2D eigenvalue weighted by Gasteiger charge is -2.33. The van der Waals surface area contributed by atoms with Crippen LogP contribution in [-0.4, -0.2) is 62.1 Å². The molecular formula is C12H24N2O2S2. The summed E-state index contributed by atoms with van der Waals surface area (Å²) in [5, 5.41) is 3.24. The average Bonchev–Trinajstić information content (AvgIpc) is 3.12. The molecule has 0 bridgehead atoms. The van der Waals surface area contributed by atoms with E-state index in [4.69, 9.17) is 0 Å². The number of hydrogen-bond acceptors (Lipinski definition) is 5. The van der Waals surface area contributed by atoms with Crippen molar-refractivity contribution < 1.29 is 8.42 Å². The Balaban J connectivity index is 1.68. The van der Waals surface area contributed by atoms with Crippen LogP contribution in [0.3, 0.4) is 0 Å². The van der Waals surface area contributed by atoms with Gasteiger partial charge in [-0.3, -0.25) is 4.90 Å². The van der Waals surface area contributed by atoms with Gasteiger partial charge in [0, 0.05) is 30.3 Å². The molecule has 0 aromatic heterocycles. The van der Waals surface area contributed by atoms with Gasteiger partial charge in [0.1, 0.15) is 5.37 Å². The fourth-order valence-corrected chi connectivity index (χ4v) is 5.27. The Morgan fingerprint density at radius 2 is 2.11 bits per heavy atom. The van der Waals surface area contributed by atoms with Crippen LogP contribution in [0, 0.1) is 0 Å². The van der Waals surface area contributed by atoms with Crippen LogP contribution in [0.25, 0.3) is 0 Å². The highest BCUT2D eigenvalue weighted by molar-refractivity contribution is 8.00. The van der Waals surface area contributed by atoms with Gasteiger partial charge >= 0.3 is 0 Å². The molecule has 0 spiro atoms. The van der Waals surface area contributed by atoms with Crippen molar-refractivity contribution in [3.8, 4) is 0 Å². The fourth-order valence-electron chi connectivity index (χ4n) is 2.30. The summed E-state index contributed by atoms with van der Waals surface area (Å²) in [5.74, 6) is 1.80. The molecule has 1 saturated heterocycles. The molecule has 0 aromatic carbocycles. The smallest absolute Gasteiger partial charge is 0.164 e. The molecule has 2 aliphatic rings. The van der Waals surface area contributed by atoms with Gasteiger partial charge in [0.15, 0.2) is 9.84 Å². The van der Waals surface area contributed by atoms with Crippen LogP contribution >= 0.6 is 11.8 Å². The maximum Gasteiger partial charge on any atom is 0.164 e. The number of unbranched alkanes of at least 4 members (excludes halogenated alkanes) is 1.